The second-order valence-corrected chi connectivity index (χ2v) is 5.47. The third-order valence-electron chi connectivity index (χ3n) is 2.59. The molecule has 0 N–H and O–H groups in total. The number of hydrogen-bond donors (Lipinski definition) is 0. The Morgan fingerprint density at radius 3 is 2.42 bits per heavy atom. The van der Waals surface area contributed by atoms with Gasteiger partial charge in [-0.15, -0.1) is 0 Å². The lowest BCUT2D eigenvalue weighted by Crippen LogP contribution is -2.22. The minimum atomic E-state index is -0.454. The summed E-state index contributed by atoms with van der Waals surface area (Å²) in [6, 6.07) is 14.2. The van der Waals surface area contributed by atoms with Crippen LogP contribution in [-0.4, -0.2) is 11.6 Å². The van der Waals surface area contributed by atoms with Gasteiger partial charge in [0.25, 0.3) is 0 Å². The molecule has 2 aromatic rings. The summed E-state index contributed by atoms with van der Waals surface area (Å²) in [4.78, 5) is 11.6. The van der Waals surface area contributed by atoms with E-state index in [4.69, 9.17) is 4.74 Å². The van der Waals surface area contributed by atoms with Crippen molar-refractivity contribution in [1.82, 2.24) is 0 Å². The summed E-state index contributed by atoms with van der Waals surface area (Å²) < 4.78 is 5.22. The van der Waals surface area contributed by atoms with Crippen molar-refractivity contribution in [2.45, 2.75) is 26.4 Å². The van der Waals surface area contributed by atoms with E-state index in [9.17, 15) is 4.79 Å². The quantitative estimate of drug-likeness (QED) is 0.593. The van der Waals surface area contributed by atoms with Crippen LogP contribution >= 0.6 is 0 Å². The molecule has 0 unspecified atom stereocenters. The summed E-state index contributed by atoms with van der Waals surface area (Å²) in [5.41, 5.74) is 0.537. The minimum absolute atomic E-state index is 0.319. The Balaban J connectivity index is 2.15. The lowest BCUT2D eigenvalue weighted by atomic mass is 10.1. The number of benzene rings is 2. The standard InChI is InChI=1S/C17H18O2/c1-17(2,3)19-16(18)11-9-13-8-10-14-6-4-5-7-15(14)12-13/h4-12H,1-3H3. The molecule has 0 amide bonds. The fourth-order valence-corrected chi connectivity index (χ4v) is 1.81. The first kappa shape index (κ1) is 13.3. The van der Waals surface area contributed by atoms with E-state index in [0.29, 0.717) is 0 Å². The predicted octanol–water partition coefficient (Wildman–Crippen LogP) is 4.19. The summed E-state index contributed by atoms with van der Waals surface area (Å²) in [6.45, 7) is 5.57. The molecule has 2 aromatic carbocycles. The maximum atomic E-state index is 11.6. The van der Waals surface area contributed by atoms with Crippen LogP contribution in [0.3, 0.4) is 0 Å². The molecule has 19 heavy (non-hydrogen) atoms. The van der Waals surface area contributed by atoms with Crippen LogP contribution in [0.5, 0.6) is 0 Å². The lowest BCUT2D eigenvalue weighted by Gasteiger charge is -2.17. The maximum Gasteiger partial charge on any atom is 0.331 e. The van der Waals surface area contributed by atoms with Crippen LogP contribution in [0, 0.1) is 0 Å². The Morgan fingerprint density at radius 1 is 1.05 bits per heavy atom. The molecule has 2 nitrogen and oxygen atoms in total. The summed E-state index contributed by atoms with van der Waals surface area (Å²) in [6.07, 6.45) is 3.25. The first-order chi connectivity index (χ1) is 8.94. The van der Waals surface area contributed by atoms with Crippen molar-refractivity contribution in [2.24, 2.45) is 0 Å². The number of carbonyl (C=O) groups excluding carboxylic acids is 1. The lowest BCUT2D eigenvalue weighted by molar-refractivity contribution is -0.148. The Morgan fingerprint density at radius 2 is 1.74 bits per heavy atom. The average molecular weight is 254 g/mol. The Kier molecular flexibility index (Phi) is 3.70. The second kappa shape index (κ2) is 5.27. The first-order valence-electron chi connectivity index (χ1n) is 6.34. The van der Waals surface area contributed by atoms with E-state index < -0.39 is 5.60 Å². The van der Waals surface area contributed by atoms with Crippen molar-refractivity contribution >= 4 is 22.8 Å². The summed E-state index contributed by atoms with van der Waals surface area (Å²) >= 11 is 0. The molecule has 0 aliphatic heterocycles. The van der Waals surface area contributed by atoms with Crippen LogP contribution in [0.15, 0.2) is 48.5 Å². The highest BCUT2D eigenvalue weighted by Gasteiger charge is 2.13. The van der Waals surface area contributed by atoms with E-state index in [1.165, 1.54) is 11.5 Å². The van der Waals surface area contributed by atoms with Gasteiger partial charge in [-0.1, -0.05) is 36.4 Å². The summed E-state index contributed by atoms with van der Waals surface area (Å²) in [5.74, 6) is -0.319. The van der Waals surface area contributed by atoms with E-state index in [1.807, 2.05) is 45.0 Å². The van der Waals surface area contributed by atoms with Gasteiger partial charge in [0.1, 0.15) is 5.60 Å². The van der Waals surface area contributed by atoms with E-state index >= 15 is 0 Å². The van der Waals surface area contributed by atoms with Gasteiger partial charge in [-0.25, -0.2) is 4.79 Å². The molecule has 0 radical (unpaired) electrons. The van der Waals surface area contributed by atoms with Crippen molar-refractivity contribution in [3.8, 4) is 0 Å². The van der Waals surface area contributed by atoms with Crippen LogP contribution in [0.25, 0.3) is 16.8 Å². The maximum absolute atomic E-state index is 11.6. The first-order valence-corrected chi connectivity index (χ1v) is 6.34. The van der Waals surface area contributed by atoms with Crippen LogP contribution in [-0.2, 0) is 9.53 Å². The molecule has 0 aromatic heterocycles. The van der Waals surface area contributed by atoms with Crippen molar-refractivity contribution in [3.05, 3.63) is 54.1 Å². The van der Waals surface area contributed by atoms with Gasteiger partial charge in [0.15, 0.2) is 0 Å². The number of fused-ring (bicyclic) bond motifs is 1. The molecule has 0 atom stereocenters. The van der Waals surface area contributed by atoms with Crippen molar-refractivity contribution < 1.29 is 9.53 Å². The number of ether oxygens (including phenoxy) is 1. The molecule has 0 heterocycles. The van der Waals surface area contributed by atoms with Gasteiger partial charge in [0, 0.05) is 6.08 Å². The molecule has 0 saturated carbocycles. The van der Waals surface area contributed by atoms with Crippen LogP contribution < -0.4 is 0 Å². The van der Waals surface area contributed by atoms with Crippen LogP contribution in [0.4, 0.5) is 0 Å². The fraction of sp³-hybridized carbons (Fsp3) is 0.235. The topological polar surface area (TPSA) is 26.3 Å². The van der Waals surface area contributed by atoms with Crippen LogP contribution in [0.2, 0.25) is 0 Å². The molecule has 98 valence electrons. The SMILES string of the molecule is CC(C)(C)OC(=O)C=Cc1ccc2ccccc2c1. The average Bonchev–Trinajstić information content (AvgIpc) is 2.34. The largest absolute Gasteiger partial charge is 0.457 e. The fourth-order valence-electron chi connectivity index (χ4n) is 1.81. The Hall–Kier alpha value is -2.09. The Bertz CT molecular complexity index is 618. The molecule has 0 fully saturated rings. The third kappa shape index (κ3) is 3.95. The zero-order valence-corrected chi connectivity index (χ0v) is 11.5. The van der Waals surface area contributed by atoms with E-state index in [0.717, 1.165) is 10.9 Å². The van der Waals surface area contributed by atoms with Gasteiger partial charge in [-0.05, 0) is 49.2 Å². The van der Waals surface area contributed by atoms with E-state index in [2.05, 4.69) is 18.2 Å². The van der Waals surface area contributed by atoms with Gasteiger partial charge < -0.3 is 4.74 Å². The Labute approximate surface area is 113 Å². The van der Waals surface area contributed by atoms with Crippen molar-refractivity contribution in [1.29, 1.82) is 0 Å². The third-order valence-corrected chi connectivity index (χ3v) is 2.59. The molecule has 0 aliphatic carbocycles. The van der Waals surface area contributed by atoms with Gasteiger partial charge >= 0.3 is 5.97 Å². The molecular weight excluding hydrogens is 236 g/mol. The van der Waals surface area contributed by atoms with Gasteiger partial charge in [0.05, 0.1) is 0 Å². The summed E-state index contributed by atoms with van der Waals surface area (Å²) in [7, 11) is 0. The highest BCUT2D eigenvalue weighted by atomic mass is 16.6. The number of esters is 1. The second-order valence-electron chi connectivity index (χ2n) is 5.47. The molecule has 2 rings (SSSR count). The smallest absolute Gasteiger partial charge is 0.331 e. The zero-order chi connectivity index (χ0) is 13.9. The van der Waals surface area contributed by atoms with Crippen molar-refractivity contribution in [2.75, 3.05) is 0 Å². The molecule has 0 saturated heterocycles. The number of hydrogen-bond acceptors (Lipinski definition) is 2. The highest BCUT2D eigenvalue weighted by molar-refractivity contribution is 5.89. The highest BCUT2D eigenvalue weighted by Crippen LogP contribution is 2.16. The molecule has 0 aliphatic rings. The molecule has 2 heteroatoms. The van der Waals surface area contributed by atoms with Gasteiger partial charge in [-0.2, -0.15) is 0 Å². The number of carbonyl (C=O) groups is 1. The van der Waals surface area contributed by atoms with Crippen LogP contribution in [0.1, 0.15) is 26.3 Å². The van der Waals surface area contributed by atoms with E-state index in [1.54, 1.807) is 6.08 Å². The molecule has 0 bridgehead atoms. The van der Waals surface area contributed by atoms with E-state index in [-0.39, 0.29) is 5.97 Å². The molecule has 0 spiro atoms. The van der Waals surface area contributed by atoms with Gasteiger partial charge in [0.2, 0.25) is 0 Å². The number of rotatable bonds is 2. The normalized spacial score (nSPS) is 11.9. The zero-order valence-electron chi connectivity index (χ0n) is 11.5. The summed E-state index contributed by atoms with van der Waals surface area (Å²) in [5, 5.41) is 2.35. The molecular formula is C17H18O2. The van der Waals surface area contributed by atoms with Crippen molar-refractivity contribution in [3.63, 3.8) is 0 Å². The monoisotopic (exact) mass is 254 g/mol. The van der Waals surface area contributed by atoms with Gasteiger partial charge in [-0.3, -0.25) is 0 Å². The minimum Gasteiger partial charge on any atom is -0.457 e. The predicted molar refractivity (Wildman–Crippen MR) is 78.8 cm³/mol.